The topological polar surface area (TPSA) is 88.5 Å². The number of carbonyl (C=O) groups is 2. The maximum atomic E-state index is 12.5. The Morgan fingerprint density at radius 2 is 1.78 bits per heavy atom. The van der Waals surface area contributed by atoms with Crippen molar-refractivity contribution >= 4 is 17.6 Å². The smallest absolute Gasteiger partial charge is 0.245 e. The number of hydrogen-bond donors (Lipinski definition) is 2. The summed E-state index contributed by atoms with van der Waals surface area (Å²) in [5.74, 6) is 1.02. The van der Waals surface area contributed by atoms with E-state index in [9.17, 15) is 9.59 Å². The normalized spacial score (nSPS) is 15.1. The van der Waals surface area contributed by atoms with E-state index in [-0.39, 0.29) is 25.0 Å². The molecule has 1 aliphatic rings. The number of amides is 2. The highest BCUT2D eigenvalue weighted by Crippen LogP contribution is 2.20. The Hall–Kier alpha value is -2.71. The highest BCUT2D eigenvalue weighted by Gasteiger charge is 2.22. The second-order valence-corrected chi connectivity index (χ2v) is 11.0. The van der Waals surface area contributed by atoms with Gasteiger partial charge in [0.15, 0.2) is 5.82 Å². The molecule has 0 unspecified atom stereocenters. The van der Waals surface area contributed by atoms with Crippen molar-refractivity contribution in [2.45, 2.75) is 73.1 Å². The van der Waals surface area contributed by atoms with Gasteiger partial charge in [0, 0.05) is 19.3 Å². The molecule has 2 heterocycles. The van der Waals surface area contributed by atoms with Crippen LogP contribution in [0.1, 0.15) is 59.4 Å². The lowest BCUT2D eigenvalue weighted by Crippen LogP contribution is -2.42. The number of rotatable bonds is 10. The second kappa shape index (κ2) is 14.8. The quantitative estimate of drug-likeness (QED) is 0.508. The summed E-state index contributed by atoms with van der Waals surface area (Å²) in [4.78, 5) is 31.2. The summed E-state index contributed by atoms with van der Waals surface area (Å²) >= 11 is 0. The Bertz CT molecular complexity index is 909. The molecule has 1 aromatic carbocycles. The molecule has 2 aromatic rings. The van der Waals surface area contributed by atoms with Gasteiger partial charge in [-0.15, -0.1) is 0 Å². The first-order valence-electron chi connectivity index (χ1n) is 13.0. The molecule has 36 heavy (non-hydrogen) atoms. The molecule has 8 nitrogen and oxygen atoms in total. The second-order valence-electron chi connectivity index (χ2n) is 11.0. The Morgan fingerprint density at radius 1 is 1.14 bits per heavy atom. The molecule has 0 bridgehead atoms. The van der Waals surface area contributed by atoms with Gasteiger partial charge >= 0.3 is 0 Å². The fourth-order valence-corrected chi connectivity index (χ4v) is 3.73. The highest BCUT2D eigenvalue weighted by atomic mass is 16.5. The van der Waals surface area contributed by atoms with Gasteiger partial charge in [0.05, 0.1) is 19.5 Å². The number of nitrogens with one attached hydrogen (secondary N) is 2. The van der Waals surface area contributed by atoms with Gasteiger partial charge in [-0.05, 0) is 36.8 Å². The molecule has 2 N–H and O–H groups in total. The van der Waals surface area contributed by atoms with E-state index >= 15 is 0 Å². The average molecular weight is 500 g/mol. The fraction of sp³-hybridized carbons (Fsp3) is 0.607. The van der Waals surface area contributed by atoms with Crippen LogP contribution in [-0.2, 0) is 27.5 Å². The first-order valence-corrected chi connectivity index (χ1v) is 13.0. The number of hydrogen-bond acceptors (Lipinski definition) is 5. The molecule has 200 valence electrons. The number of carbonyl (C=O) groups excluding carboxylic acids is 2. The van der Waals surface area contributed by atoms with E-state index < -0.39 is 6.04 Å². The fourth-order valence-electron chi connectivity index (χ4n) is 3.73. The number of likely N-dealkylation sites (N-methyl/N-ethyl adjacent to an activating group) is 1. The first-order chi connectivity index (χ1) is 17.1. The lowest BCUT2D eigenvalue weighted by molar-refractivity contribution is -0.133. The van der Waals surface area contributed by atoms with Crippen LogP contribution in [0.4, 0.5) is 5.82 Å². The van der Waals surface area contributed by atoms with Crippen LogP contribution in [0.2, 0.25) is 0 Å². The van der Waals surface area contributed by atoms with Crippen LogP contribution in [0, 0.1) is 11.3 Å². The third kappa shape index (κ3) is 11.4. The standard InChI is InChI=1S/C23H33N5O3.C5H12/c1-3-18-9-11-28(12-10-18)22(29)14-27-13-21(25-17-27)26-23(30)20(24-2)16-31-15-19-7-5-4-6-8-19;1-5(2,3)4/h4-8,13,17-18,20,24H,3,9-12,14-16H2,1-2H3,(H,26,30);1-4H3/t20-;/m1./s1. The van der Waals surface area contributed by atoms with Crippen molar-refractivity contribution in [3.8, 4) is 0 Å². The van der Waals surface area contributed by atoms with Gasteiger partial charge in [0.25, 0.3) is 0 Å². The number of benzene rings is 1. The average Bonchev–Trinajstić information content (AvgIpc) is 3.27. The number of likely N-dealkylation sites (tertiary alicyclic amines) is 1. The molecule has 1 aliphatic heterocycles. The SMILES string of the molecule is CC(C)(C)C.CCC1CCN(C(=O)Cn2cnc(NC(=O)[C@@H](COCc3ccccc3)NC)c2)CC1. The predicted molar refractivity (Wildman–Crippen MR) is 145 cm³/mol. The van der Waals surface area contributed by atoms with Gasteiger partial charge in [-0.2, -0.15) is 0 Å². The van der Waals surface area contributed by atoms with Gasteiger partial charge in [0.2, 0.25) is 11.8 Å². The summed E-state index contributed by atoms with van der Waals surface area (Å²) < 4.78 is 7.39. The third-order valence-electron chi connectivity index (χ3n) is 5.81. The number of aromatic nitrogens is 2. The van der Waals surface area contributed by atoms with Crippen LogP contribution in [0.3, 0.4) is 0 Å². The summed E-state index contributed by atoms with van der Waals surface area (Å²) in [6.45, 7) is 13.5. The van der Waals surface area contributed by atoms with E-state index in [1.54, 1.807) is 24.1 Å². The number of piperidine rings is 1. The maximum absolute atomic E-state index is 12.5. The molecule has 3 rings (SSSR count). The van der Waals surface area contributed by atoms with Crippen LogP contribution < -0.4 is 10.6 Å². The van der Waals surface area contributed by atoms with Gasteiger partial charge in [-0.3, -0.25) is 9.59 Å². The zero-order valence-corrected chi connectivity index (χ0v) is 22.9. The minimum Gasteiger partial charge on any atom is -0.375 e. The Kier molecular flexibility index (Phi) is 12.1. The molecule has 1 saturated heterocycles. The molecule has 2 amide bonds. The summed E-state index contributed by atoms with van der Waals surface area (Å²) in [6, 6.07) is 9.32. The van der Waals surface area contributed by atoms with Crippen molar-refractivity contribution in [1.82, 2.24) is 19.8 Å². The van der Waals surface area contributed by atoms with Crippen LogP contribution in [0.15, 0.2) is 42.9 Å². The third-order valence-corrected chi connectivity index (χ3v) is 5.81. The molecule has 0 saturated carbocycles. The summed E-state index contributed by atoms with van der Waals surface area (Å²) in [7, 11) is 1.72. The van der Waals surface area contributed by atoms with E-state index in [1.165, 1.54) is 6.42 Å². The summed E-state index contributed by atoms with van der Waals surface area (Å²) in [6.07, 6.45) is 6.59. The molecule has 0 spiro atoms. The molecular weight excluding hydrogens is 454 g/mol. The zero-order valence-electron chi connectivity index (χ0n) is 22.9. The predicted octanol–water partition coefficient (Wildman–Crippen LogP) is 4.33. The van der Waals surface area contributed by atoms with Crippen LogP contribution >= 0.6 is 0 Å². The number of ether oxygens (including phenoxy) is 1. The van der Waals surface area contributed by atoms with E-state index in [4.69, 9.17) is 4.74 Å². The van der Waals surface area contributed by atoms with E-state index in [2.05, 4.69) is 50.2 Å². The molecule has 1 aromatic heterocycles. The molecule has 1 fully saturated rings. The van der Waals surface area contributed by atoms with Crippen LogP contribution in [0.5, 0.6) is 0 Å². The molecule has 1 atom stereocenters. The minimum atomic E-state index is -0.504. The van der Waals surface area contributed by atoms with E-state index in [0.717, 1.165) is 37.4 Å². The number of imidazole rings is 1. The highest BCUT2D eigenvalue weighted by molar-refractivity contribution is 5.94. The van der Waals surface area contributed by atoms with Gasteiger partial charge in [0.1, 0.15) is 12.6 Å². The van der Waals surface area contributed by atoms with Crippen molar-refractivity contribution in [3.05, 3.63) is 48.4 Å². The monoisotopic (exact) mass is 499 g/mol. The number of nitrogens with zero attached hydrogens (tertiary/aromatic N) is 3. The van der Waals surface area contributed by atoms with Gasteiger partial charge in [-0.1, -0.05) is 71.4 Å². The Balaban J connectivity index is 0.000000830. The van der Waals surface area contributed by atoms with Crippen molar-refractivity contribution in [1.29, 1.82) is 0 Å². The van der Waals surface area contributed by atoms with Gasteiger partial charge in [-0.25, -0.2) is 4.98 Å². The lowest BCUT2D eigenvalue weighted by atomic mass is 9.94. The van der Waals surface area contributed by atoms with Crippen molar-refractivity contribution in [2.24, 2.45) is 11.3 Å². The molecule has 0 aliphatic carbocycles. The van der Waals surface area contributed by atoms with E-state index in [0.29, 0.717) is 17.8 Å². The van der Waals surface area contributed by atoms with Crippen molar-refractivity contribution in [2.75, 3.05) is 32.1 Å². The first kappa shape index (κ1) is 29.5. The Labute approximate surface area is 216 Å². The Morgan fingerprint density at radius 3 is 2.36 bits per heavy atom. The largest absolute Gasteiger partial charge is 0.375 e. The zero-order chi connectivity index (χ0) is 26.6. The van der Waals surface area contributed by atoms with Gasteiger partial charge < -0.3 is 24.8 Å². The minimum absolute atomic E-state index is 0.0900. The van der Waals surface area contributed by atoms with Crippen molar-refractivity contribution in [3.63, 3.8) is 0 Å². The van der Waals surface area contributed by atoms with E-state index in [1.807, 2.05) is 35.2 Å². The van der Waals surface area contributed by atoms with Crippen molar-refractivity contribution < 1.29 is 14.3 Å². The lowest BCUT2D eigenvalue weighted by Gasteiger charge is -2.31. The molecule has 8 heteroatoms. The van der Waals surface area contributed by atoms with Crippen LogP contribution in [-0.4, -0.2) is 59.1 Å². The summed E-state index contributed by atoms with van der Waals surface area (Å²) in [5, 5.41) is 5.76. The number of anilines is 1. The maximum Gasteiger partial charge on any atom is 0.245 e. The molecule has 0 radical (unpaired) electrons. The summed E-state index contributed by atoms with van der Waals surface area (Å²) in [5.41, 5.74) is 1.56. The van der Waals surface area contributed by atoms with Crippen LogP contribution in [0.25, 0.3) is 0 Å². The molecular formula is C28H45N5O3.